The van der Waals surface area contributed by atoms with E-state index in [4.69, 9.17) is 21.1 Å². The van der Waals surface area contributed by atoms with Crippen molar-refractivity contribution >= 4 is 11.6 Å². The first kappa shape index (κ1) is 16.2. The maximum atomic E-state index is 12.4. The van der Waals surface area contributed by atoms with Gasteiger partial charge in [-0.15, -0.1) is 0 Å². The van der Waals surface area contributed by atoms with Crippen LogP contribution in [0.2, 0.25) is 5.02 Å². The zero-order valence-electron chi connectivity index (χ0n) is 11.6. The van der Waals surface area contributed by atoms with Gasteiger partial charge in [0.1, 0.15) is 13.2 Å². The number of halogens is 4. The Labute approximate surface area is 126 Å². The molecule has 21 heavy (non-hydrogen) atoms. The summed E-state index contributed by atoms with van der Waals surface area (Å²) in [5, 5.41) is 3.42. The highest BCUT2D eigenvalue weighted by atomic mass is 35.5. The van der Waals surface area contributed by atoms with Crippen molar-refractivity contribution in [2.24, 2.45) is 0 Å². The molecule has 1 aromatic rings. The molecule has 0 aliphatic carbocycles. The van der Waals surface area contributed by atoms with Crippen LogP contribution in [0.15, 0.2) is 12.1 Å². The summed E-state index contributed by atoms with van der Waals surface area (Å²) in [6.07, 6.45) is -5.12. The summed E-state index contributed by atoms with van der Waals surface area (Å²) in [7, 11) is 0. The Bertz CT molecular complexity index is 494. The quantitative estimate of drug-likeness (QED) is 0.884. The van der Waals surface area contributed by atoms with E-state index in [2.05, 4.69) is 5.32 Å². The van der Waals surface area contributed by atoms with Gasteiger partial charge in [-0.1, -0.05) is 18.5 Å². The molecule has 1 unspecified atom stereocenters. The van der Waals surface area contributed by atoms with Gasteiger partial charge in [-0.25, -0.2) is 0 Å². The van der Waals surface area contributed by atoms with Crippen molar-refractivity contribution < 1.29 is 22.6 Å². The van der Waals surface area contributed by atoms with Gasteiger partial charge in [0.05, 0.1) is 0 Å². The molecule has 1 aromatic carbocycles. The molecule has 1 aliphatic rings. The summed E-state index contributed by atoms with van der Waals surface area (Å²) < 4.78 is 48.2. The lowest BCUT2D eigenvalue weighted by Crippen LogP contribution is -2.24. The van der Waals surface area contributed by atoms with Crippen molar-refractivity contribution in [1.82, 2.24) is 5.32 Å². The van der Waals surface area contributed by atoms with Gasteiger partial charge in [-0.05, 0) is 24.6 Å². The topological polar surface area (TPSA) is 30.5 Å². The average Bonchev–Trinajstić information content (AvgIpc) is 2.42. The van der Waals surface area contributed by atoms with Crippen molar-refractivity contribution in [3.63, 3.8) is 0 Å². The van der Waals surface area contributed by atoms with Crippen LogP contribution in [0.3, 0.4) is 0 Å². The minimum Gasteiger partial charge on any atom is -0.486 e. The van der Waals surface area contributed by atoms with Crippen LogP contribution >= 0.6 is 11.6 Å². The zero-order valence-corrected chi connectivity index (χ0v) is 12.4. The number of nitrogens with one attached hydrogen (secondary N) is 1. The third-order valence-corrected chi connectivity index (χ3v) is 3.53. The number of hydrogen-bond acceptors (Lipinski definition) is 3. The van der Waals surface area contributed by atoms with Crippen molar-refractivity contribution in [2.75, 3.05) is 19.8 Å². The van der Waals surface area contributed by atoms with Crippen molar-refractivity contribution in [1.29, 1.82) is 0 Å². The van der Waals surface area contributed by atoms with Crippen LogP contribution in [0, 0.1) is 0 Å². The van der Waals surface area contributed by atoms with Crippen LogP contribution in [-0.2, 0) is 0 Å². The zero-order chi connectivity index (χ0) is 15.5. The summed E-state index contributed by atoms with van der Waals surface area (Å²) in [4.78, 5) is 0. The molecule has 1 atom stereocenters. The van der Waals surface area contributed by atoms with Crippen LogP contribution in [-0.4, -0.2) is 25.9 Å². The molecule has 0 bridgehead atoms. The van der Waals surface area contributed by atoms with Crippen LogP contribution in [0.1, 0.15) is 31.4 Å². The molecule has 0 saturated heterocycles. The van der Waals surface area contributed by atoms with Gasteiger partial charge in [-0.3, -0.25) is 0 Å². The van der Waals surface area contributed by atoms with Crippen LogP contribution in [0.25, 0.3) is 0 Å². The Balaban J connectivity index is 2.22. The smallest absolute Gasteiger partial charge is 0.389 e. The SMILES string of the molecule is CCNC(CCC(F)(F)F)c1cc2c(cc1Cl)OCCO2. The largest absolute Gasteiger partial charge is 0.486 e. The van der Waals surface area contributed by atoms with Gasteiger partial charge in [0.15, 0.2) is 11.5 Å². The Hall–Kier alpha value is -1.14. The summed E-state index contributed by atoms with van der Waals surface area (Å²) in [6, 6.07) is 2.80. The van der Waals surface area contributed by atoms with Gasteiger partial charge in [-0.2, -0.15) is 13.2 Å². The second-order valence-electron chi connectivity index (χ2n) is 4.78. The third kappa shape index (κ3) is 4.41. The summed E-state index contributed by atoms with van der Waals surface area (Å²) in [5.74, 6) is 1.05. The second-order valence-corrected chi connectivity index (χ2v) is 5.19. The van der Waals surface area contributed by atoms with Crippen molar-refractivity contribution in [3.8, 4) is 11.5 Å². The number of rotatable bonds is 5. The van der Waals surface area contributed by atoms with Crippen LogP contribution in [0.4, 0.5) is 13.2 Å². The van der Waals surface area contributed by atoms with Crippen molar-refractivity contribution in [3.05, 3.63) is 22.7 Å². The second kappa shape index (κ2) is 6.75. The molecule has 0 saturated carbocycles. The summed E-state index contributed by atoms with van der Waals surface area (Å²) in [6.45, 7) is 3.25. The highest BCUT2D eigenvalue weighted by Gasteiger charge is 2.29. The highest BCUT2D eigenvalue weighted by Crippen LogP contribution is 2.39. The minimum absolute atomic E-state index is 0.0727. The minimum atomic E-state index is -4.19. The summed E-state index contributed by atoms with van der Waals surface area (Å²) >= 11 is 6.18. The number of alkyl halides is 3. The van der Waals surface area contributed by atoms with E-state index in [1.807, 2.05) is 6.92 Å². The fraction of sp³-hybridized carbons (Fsp3) is 0.571. The van der Waals surface area contributed by atoms with E-state index in [1.165, 1.54) is 0 Å². The molecule has 2 rings (SSSR count). The van der Waals surface area contributed by atoms with Crippen LogP contribution < -0.4 is 14.8 Å². The molecule has 1 aliphatic heterocycles. The monoisotopic (exact) mass is 323 g/mol. The molecule has 0 spiro atoms. The predicted molar refractivity (Wildman–Crippen MR) is 74.1 cm³/mol. The lowest BCUT2D eigenvalue weighted by molar-refractivity contribution is -0.136. The number of fused-ring (bicyclic) bond motifs is 1. The highest BCUT2D eigenvalue weighted by molar-refractivity contribution is 6.31. The number of benzene rings is 1. The van der Waals surface area contributed by atoms with E-state index < -0.39 is 18.6 Å². The molecule has 1 N–H and O–H groups in total. The van der Waals surface area contributed by atoms with Gasteiger partial charge >= 0.3 is 6.18 Å². The Kier molecular flexibility index (Phi) is 5.22. The van der Waals surface area contributed by atoms with E-state index in [-0.39, 0.29) is 6.42 Å². The number of ether oxygens (including phenoxy) is 2. The maximum absolute atomic E-state index is 12.4. The third-order valence-electron chi connectivity index (χ3n) is 3.20. The van der Waals surface area contributed by atoms with Gasteiger partial charge in [0.25, 0.3) is 0 Å². The molecule has 7 heteroatoms. The molecule has 3 nitrogen and oxygen atoms in total. The predicted octanol–water partition coefficient (Wildman–Crippen LogP) is 4.10. The van der Waals surface area contributed by atoms with E-state index in [0.29, 0.717) is 41.8 Å². The maximum Gasteiger partial charge on any atom is 0.389 e. The Morgan fingerprint density at radius 1 is 1.24 bits per heavy atom. The van der Waals surface area contributed by atoms with Crippen LogP contribution in [0.5, 0.6) is 11.5 Å². The first-order chi connectivity index (χ1) is 9.90. The molecular weight excluding hydrogens is 307 g/mol. The normalized spacial score (nSPS) is 15.9. The van der Waals surface area contributed by atoms with E-state index >= 15 is 0 Å². The van der Waals surface area contributed by atoms with Gasteiger partial charge < -0.3 is 14.8 Å². The number of hydrogen-bond donors (Lipinski definition) is 1. The van der Waals surface area contributed by atoms with E-state index in [1.54, 1.807) is 12.1 Å². The van der Waals surface area contributed by atoms with Crippen molar-refractivity contribution in [2.45, 2.75) is 32.0 Å². The van der Waals surface area contributed by atoms with Gasteiger partial charge in [0.2, 0.25) is 0 Å². The molecule has 0 radical (unpaired) electrons. The first-order valence-corrected chi connectivity index (χ1v) is 7.17. The Morgan fingerprint density at radius 3 is 2.43 bits per heavy atom. The van der Waals surface area contributed by atoms with E-state index in [9.17, 15) is 13.2 Å². The first-order valence-electron chi connectivity index (χ1n) is 6.80. The summed E-state index contributed by atoms with van der Waals surface area (Å²) in [5.41, 5.74) is 0.604. The Morgan fingerprint density at radius 2 is 1.86 bits per heavy atom. The molecular formula is C14H17ClF3NO2. The lowest BCUT2D eigenvalue weighted by atomic mass is 10.0. The molecule has 0 fully saturated rings. The molecule has 118 valence electrons. The standard InChI is InChI=1S/C14H17ClF3NO2/c1-2-19-11(3-4-14(16,17)18)9-7-12-13(8-10(9)15)21-6-5-20-12/h7-8,11,19H,2-6H2,1H3. The average molecular weight is 324 g/mol. The van der Waals surface area contributed by atoms with Gasteiger partial charge in [0, 0.05) is 23.6 Å². The molecule has 1 heterocycles. The molecule has 0 amide bonds. The fourth-order valence-corrected chi connectivity index (χ4v) is 2.55. The fourth-order valence-electron chi connectivity index (χ4n) is 2.27. The van der Waals surface area contributed by atoms with E-state index in [0.717, 1.165) is 0 Å². The lowest BCUT2D eigenvalue weighted by Gasteiger charge is -2.24. The molecule has 0 aromatic heterocycles.